The molecule has 1 aliphatic rings. The third-order valence-electron chi connectivity index (χ3n) is 3.67. The molecule has 3 rings (SSSR count). The topological polar surface area (TPSA) is 85.1 Å². The number of aliphatic hydroxyl groups excluding tert-OH is 1. The first-order valence-corrected chi connectivity index (χ1v) is 8.55. The Bertz CT molecular complexity index is 724. The second-order valence-corrected chi connectivity index (χ2v) is 7.37. The Labute approximate surface area is 117 Å². The molecule has 1 saturated heterocycles. The largest absolute Gasteiger partial charge is 0.396 e. The second-order valence-electron chi connectivity index (χ2n) is 5.14. The molecule has 2 aromatic rings. The van der Waals surface area contributed by atoms with E-state index in [4.69, 9.17) is 5.11 Å². The number of aromatic nitrogens is 3. The zero-order chi connectivity index (χ0) is 14.2. The molecule has 20 heavy (non-hydrogen) atoms. The van der Waals surface area contributed by atoms with Gasteiger partial charge < -0.3 is 9.67 Å². The Kier molecular flexibility index (Phi) is 3.47. The molecule has 1 aliphatic heterocycles. The molecule has 0 spiro atoms. The molecular weight excluding hydrogens is 278 g/mol. The monoisotopic (exact) mass is 295 g/mol. The normalized spacial score (nSPS) is 21.6. The maximum absolute atomic E-state index is 11.7. The lowest BCUT2D eigenvalue weighted by Crippen LogP contribution is -2.12. The fraction of sp³-hybridized carbons (Fsp3) is 0.538. The van der Waals surface area contributed by atoms with Crippen molar-refractivity contribution in [2.45, 2.75) is 25.3 Å². The van der Waals surface area contributed by atoms with Gasteiger partial charge in [-0.1, -0.05) is 0 Å². The second kappa shape index (κ2) is 5.14. The van der Waals surface area contributed by atoms with Gasteiger partial charge in [0.2, 0.25) is 0 Å². The first-order valence-electron chi connectivity index (χ1n) is 6.73. The predicted molar refractivity (Wildman–Crippen MR) is 75.2 cm³/mol. The summed E-state index contributed by atoms with van der Waals surface area (Å²) in [7, 11) is -2.94. The molecule has 1 fully saturated rings. The smallest absolute Gasteiger partial charge is 0.159 e. The highest BCUT2D eigenvalue weighted by atomic mass is 32.2. The number of hydrogen-bond acceptors (Lipinski definition) is 5. The summed E-state index contributed by atoms with van der Waals surface area (Å²) in [6.07, 6.45) is 2.92. The summed E-state index contributed by atoms with van der Waals surface area (Å²) >= 11 is 0. The SMILES string of the molecule is O=S1(=O)CCC(c2nc3cccnc3n2CCCO)C1. The van der Waals surface area contributed by atoms with Crippen molar-refractivity contribution in [3.63, 3.8) is 0 Å². The zero-order valence-corrected chi connectivity index (χ0v) is 11.9. The molecule has 0 aliphatic carbocycles. The third-order valence-corrected chi connectivity index (χ3v) is 5.44. The predicted octanol–water partition coefficient (Wildman–Crippen LogP) is 0.716. The van der Waals surface area contributed by atoms with Gasteiger partial charge in [0.05, 0.1) is 11.5 Å². The molecule has 0 radical (unpaired) electrons. The van der Waals surface area contributed by atoms with Gasteiger partial charge in [-0.15, -0.1) is 0 Å². The van der Waals surface area contributed by atoms with Crippen LogP contribution in [-0.4, -0.2) is 46.2 Å². The van der Waals surface area contributed by atoms with Gasteiger partial charge in [0.25, 0.3) is 0 Å². The lowest BCUT2D eigenvalue weighted by atomic mass is 10.1. The van der Waals surface area contributed by atoms with Gasteiger partial charge in [-0.3, -0.25) is 0 Å². The van der Waals surface area contributed by atoms with Gasteiger partial charge in [0.15, 0.2) is 15.5 Å². The highest BCUT2D eigenvalue weighted by Gasteiger charge is 2.32. The van der Waals surface area contributed by atoms with Crippen molar-refractivity contribution >= 4 is 21.0 Å². The van der Waals surface area contributed by atoms with Crippen LogP contribution in [0, 0.1) is 0 Å². The molecule has 6 nitrogen and oxygen atoms in total. The Morgan fingerprint density at radius 2 is 2.30 bits per heavy atom. The number of aliphatic hydroxyl groups is 1. The standard InChI is InChI=1S/C13H17N3O3S/c17-7-2-6-16-12(10-4-8-20(18,19)9-10)15-11-3-1-5-14-13(11)16/h1,3,5,10,17H,2,4,6-9H2. The summed E-state index contributed by atoms with van der Waals surface area (Å²) in [5.41, 5.74) is 1.55. The van der Waals surface area contributed by atoms with Crippen LogP contribution in [0.5, 0.6) is 0 Å². The maximum Gasteiger partial charge on any atom is 0.159 e. The van der Waals surface area contributed by atoms with Crippen LogP contribution in [0.15, 0.2) is 18.3 Å². The Morgan fingerprint density at radius 1 is 1.45 bits per heavy atom. The highest BCUT2D eigenvalue weighted by Crippen LogP contribution is 2.30. The maximum atomic E-state index is 11.7. The summed E-state index contributed by atoms with van der Waals surface area (Å²) < 4.78 is 25.3. The van der Waals surface area contributed by atoms with Crippen molar-refractivity contribution in [1.82, 2.24) is 14.5 Å². The Balaban J connectivity index is 2.05. The van der Waals surface area contributed by atoms with Gasteiger partial charge in [-0.25, -0.2) is 18.4 Å². The molecule has 1 unspecified atom stereocenters. The van der Waals surface area contributed by atoms with Crippen LogP contribution in [0.25, 0.3) is 11.2 Å². The van der Waals surface area contributed by atoms with Crippen LogP contribution in [0.3, 0.4) is 0 Å². The molecule has 2 aromatic heterocycles. The van der Waals surface area contributed by atoms with Gasteiger partial charge in [-0.05, 0) is 25.0 Å². The van der Waals surface area contributed by atoms with Crippen LogP contribution in [0.1, 0.15) is 24.6 Å². The summed E-state index contributed by atoms with van der Waals surface area (Å²) in [5, 5.41) is 9.03. The first kappa shape index (κ1) is 13.5. The highest BCUT2D eigenvalue weighted by molar-refractivity contribution is 7.91. The molecule has 0 bridgehead atoms. The molecule has 108 valence electrons. The number of sulfone groups is 1. The quantitative estimate of drug-likeness (QED) is 0.898. The van der Waals surface area contributed by atoms with Crippen LogP contribution in [0.2, 0.25) is 0 Å². The summed E-state index contributed by atoms with van der Waals surface area (Å²) in [5.74, 6) is 1.12. The minimum atomic E-state index is -2.94. The lowest BCUT2D eigenvalue weighted by molar-refractivity contribution is 0.279. The van der Waals surface area contributed by atoms with Gasteiger partial charge in [0, 0.05) is 25.3 Å². The number of rotatable bonds is 4. The molecule has 3 heterocycles. The Hall–Kier alpha value is -1.47. The van der Waals surface area contributed by atoms with E-state index in [-0.39, 0.29) is 24.0 Å². The van der Waals surface area contributed by atoms with Gasteiger partial charge in [0.1, 0.15) is 11.3 Å². The first-order chi connectivity index (χ1) is 9.61. The van der Waals surface area contributed by atoms with Crippen LogP contribution in [-0.2, 0) is 16.4 Å². The van der Waals surface area contributed by atoms with Gasteiger partial charge in [-0.2, -0.15) is 0 Å². The molecular formula is C13H17N3O3S. The summed E-state index contributed by atoms with van der Waals surface area (Å²) in [6, 6.07) is 3.70. The van der Waals surface area contributed by atoms with E-state index < -0.39 is 9.84 Å². The van der Waals surface area contributed by atoms with Gasteiger partial charge >= 0.3 is 0 Å². The van der Waals surface area contributed by atoms with E-state index in [1.54, 1.807) is 6.20 Å². The lowest BCUT2D eigenvalue weighted by Gasteiger charge is -2.11. The molecule has 1 atom stereocenters. The van der Waals surface area contributed by atoms with Crippen molar-refractivity contribution in [2.75, 3.05) is 18.1 Å². The van der Waals surface area contributed by atoms with E-state index in [9.17, 15) is 8.42 Å². The van der Waals surface area contributed by atoms with E-state index in [1.165, 1.54) is 0 Å². The number of pyridine rings is 1. The van der Waals surface area contributed by atoms with Crippen LogP contribution in [0.4, 0.5) is 0 Å². The summed E-state index contributed by atoms with van der Waals surface area (Å²) in [4.78, 5) is 8.90. The fourth-order valence-corrected chi connectivity index (χ4v) is 4.47. The average Bonchev–Trinajstić information content (AvgIpc) is 2.96. The van der Waals surface area contributed by atoms with Crippen LogP contribution < -0.4 is 0 Å². The molecule has 0 amide bonds. The van der Waals surface area contributed by atoms with Crippen molar-refractivity contribution in [3.05, 3.63) is 24.2 Å². The molecule has 7 heteroatoms. The molecule has 0 saturated carbocycles. The number of aryl methyl sites for hydroxylation is 1. The van der Waals surface area contributed by atoms with Crippen molar-refractivity contribution < 1.29 is 13.5 Å². The molecule has 1 N–H and O–H groups in total. The fourth-order valence-electron chi connectivity index (χ4n) is 2.74. The zero-order valence-electron chi connectivity index (χ0n) is 11.1. The minimum absolute atomic E-state index is 0.0621. The van der Waals surface area contributed by atoms with Crippen molar-refractivity contribution in [2.24, 2.45) is 0 Å². The van der Waals surface area contributed by atoms with Crippen molar-refractivity contribution in [1.29, 1.82) is 0 Å². The number of hydrogen-bond donors (Lipinski definition) is 1. The third kappa shape index (κ3) is 2.43. The molecule has 0 aromatic carbocycles. The van der Waals surface area contributed by atoms with E-state index in [2.05, 4.69) is 9.97 Å². The van der Waals surface area contributed by atoms with E-state index in [1.807, 2.05) is 16.7 Å². The van der Waals surface area contributed by atoms with E-state index in [0.717, 1.165) is 17.0 Å². The average molecular weight is 295 g/mol. The Morgan fingerprint density at radius 3 is 3.00 bits per heavy atom. The van der Waals surface area contributed by atoms with E-state index in [0.29, 0.717) is 19.4 Å². The van der Waals surface area contributed by atoms with Crippen LogP contribution >= 0.6 is 0 Å². The minimum Gasteiger partial charge on any atom is -0.396 e. The number of fused-ring (bicyclic) bond motifs is 1. The summed E-state index contributed by atoms with van der Waals surface area (Å²) in [6.45, 7) is 0.699. The number of nitrogens with zero attached hydrogens (tertiary/aromatic N) is 3. The number of imidazole rings is 1. The van der Waals surface area contributed by atoms with E-state index >= 15 is 0 Å². The van der Waals surface area contributed by atoms with Crippen molar-refractivity contribution in [3.8, 4) is 0 Å².